The predicted molar refractivity (Wildman–Crippen MR) is 73.2 cm³/mol. The molecule has 0 heterocycles. The summed E-state index contributed by atoms with van der Waals surface area (Å²) in [5.41, 5.74) is 6.36. The molecule has 0 saturated heterocycles. The minimum atomic E-state index is -3.78. The van der Waals surface area contributed by atoms with Gasteiger partial charge in [0.2, 0.25) is 0 Å². The van der Waals surface area contributed by atoms with Gasteiger partial charge in [0.05, 0.1) is 5.75 Å². The molecule has 2 aromatic carbocycles. The highest BCUT2D eigenvalue weighted by molar-refractivity contribution is 7.90. The van der Waals surface area contributed by atoms with Crippen LogP contribution in [0, 0.1) is 5.82 Å². The number of hydrogen-bond donors (Lipinski definition) is 1. The molecule has 0 aliphatic heterocycles. The van der Waals surface area contributed by atoms with Gasteiger partial charge >= 0.3 is 0 Å². The number of rotatable bonds is 3. The third-order valence-corrected chi connectivity index (χ3v) is 4.64. The minimum absolute atomic E-state index is 0.250. The second-order valence-electron chi connectivity index (χ2n) is 4.04. The van der Waals surface area contributed by atoms with E-state index < -0.39 is 15.7 Å². The molecular weight excluding hydrogens is 289 g/mol. The van der Waals surface area contributed by atoms with Crippen LogP contribution in [0.4, 0.5) is 10.1 Å². The van der Waals surface area contributed by atoms with Crippen LogP contribution in [0.1, 0.15) is 5.56 Å². The molecule has 2 N–H and O–H groups in total. The molecule has 0 amide bonds. The molecule has 0 aliphatic rings. The van der Waals surface area contributed by atoms with Crippen molar-refractivity contribution >= 4 is 27.1 Å². The molecule has 0 atom stereocenters. The van der Waals surface area contributed by atoms with Gasteiger partial charge in [-0.25, -0.2) is 12.8 Å². The fraction of sp³-hybridized carbons (Fsp3) is 0.0769. The van der Waals surface area contributed by atoms with Gasteiger partial charge in [0.15, 0.2) is 9.84 Å². The topological polar surface area (TPSA) is 60.2 Å². The second kappa shape index (κ2) is 5.19. The predicted octanol–water partition coefficient (Wildman–Crippen LogP) is 3.04. The first-order valence-electron chi connectivity index (χ1n) is 5.41. The van der Waals surface area contributed by atoms with E-state index in [0.717, 1.165) is 6.07 Å². The molecule has 3 nitrogen and oxygen atoms in total. The molecule has 0 unspecified atom stereocenters. The van der Waals surface area contributed by atoms with Gasteiger partial charge in [0.1, 0.15) is 10.7 Å². The summed E-state index contributed by atoms with van der Waals surface area (Å²) in [5.74, 6) is -1.14. The van der Waals surface area contributed by atoms with Crippen LogP contribution in [0.2, 0.25) is 5.02 Å². The summed E-state index contributed by atoms with van der Waals surface area (Å²) in [6, 6.07) is 9.79. The van der Waals surface area contributed by atoms with Gasteiger partial charge < -0.3 is 5.73 Å². The van der Waals surface area contributed by atoms with Crippen molar-refractivity contribution in [1.29, 1.82) is 0 Å². The molecule has 0 aliphatic carbocycles. The van der Waals surface area contributed by atoms with Crippen LogP contribution in [0.5, 0.6) is 0 Å². The molecule has 0 radical (unpaired) electrons. The molecule has 0 spiro atoms. The SMILES string of the molecule is Nc1ccc(CS(=O)(=O)c2ccccc2F)c(Cl)c1. The highest BCUT2D eigenvalue weighted by Crippen LogP contribution is 2.25. The third kappa shape index (κ3) is 3.05. The number of nitrogens with two attached hydrogens (primary N) is 1. The van der Waals surface area contributed by atoms with Gasteiger partial charge in [0, 0.05) is 10.7 Å². The van der Waals surface area contributed by atoms with Crippen LogP contribution in [-0.2, 0) is 15.6 Å². The van der Waals surface area contributed by atoms with E-state index in [2.05, 4.69) is 0 Å². The highest BCUT2D eigenvalue weighted by atomic mass is 35.5. The summed E-state index contributed by atoms with van der Waals surface area (Å²) >= 11 is 5.92. The van der Waals surface area contributed by atoms with Gasteiger partial charge in [-0.3, -0.25) is 0 Å². The van der Waals surface area contributed by atoms with Crippen LogP contribution < -0.4 is 5.73 Å². The molecule has 2 rings (SSSR count). The maximum atomic E-state index is 13.5. The summed E-state index contributed by atoms with van der Waals surface area (Å²) in [6.07, 6.45) is 0. The average Bonchev–Trinajstić information content (AvgIpc) is 2.33. The zero-order valence-electron chi connectivity index (χ0n) is 9.81. The van der Waals surface area contributed by atoms with E-state index in [9.17, 15) is 12.8 Å². The Morgan fingerprint density at radius 1 is 1.16 bits per heavy atom. The number of anilines is 1. The Morgan fingerprint density at radius 2 is 1.84 bits per heavy atom. The maximum absolute atomic E-state index is 13.5. The van der Waals surface area contributed by atoms with Gasteiger partial charge in [-0.2, -0.15) is 0 Å². The lowest BCUT2D eigenvalue weighted by molar-refractivity contribution is 0.566. The number of halogens is 2. The first-order chi connectivity index (χ1) is 8.90. The van der Waals surface area contributed by atoms with Crippen LogP contribution in [-0.4, -0.2) is 8.42 Å². The van der Waals surface area contributed by atoms with Crippen molar-refractivity contribution in [1.82, 2.24) is 0 Å². The molecular formula is C13H11ClFNO2S. The summed E-state index contributed by atoms with van der Waals surface area (Å²) in [7, 11) is -3.78. The van der Waals surface area contributed by atoms with Crippen LogP contribution >= 0.6 is 11.6 Å². The van der Waals surface area contributed by atoms with E-state index in [4.69, 9.17) is 17.3 Å². The summed E-state index contributed by atoms with van der Waals surface area (Å²) < 4.78 is 37.8. The van der Waals surface area contributed by atoms with E-state index in [1.807, 2.05) is 0 Å². The van der Waals surface area contributed by atoms with E-state index in [0.29, 0.717) is 11.3 Å². The van der Waals surface area contributed by atoms with Gasteiger partial charge in [-0.15, -0.1) is 0 Å². The van der Waals surface area contributed by atoms with Gasteiger partial charge in [-0.1, -0.05) is 29.8 Å². The average molecular weight is 300 g/mol. The number of hydrogen-bond acceptors (Lipinski definition) is 3. The molecule has 0 aromatic heterocycles. The molecule has 100 valence electrons. The lowest BCUT2D eigenvalue weighted by atomic mass is 10.2. The normalized spacial score (nSPS) is 11.5. The first kappa shape index (κ1) is 13.8. The van der Waals surface area contributed by atoms with Crippen molar-refractivity contribution < 1.29 is 12.8 Å². The van der Waals surface area contributed by atoms with E-state index in [-0.39, 0.29) is 15.7 Å². The monoisotopic (exact) mass is 299 g/mol. The Morgan fingerprint density at radius 3 is 2.47 bits per heavy atom. The standard InChI is InChI=1S/C13H11ClFNO2S/c14-11-7-10(16)6-5-9(11)8-19(17,18)13-4-2-1-3-12(13)15/h1-7H,8,16H2. The Kier molecular flexibility index (Phi) is 3.78. The lowest BCUT2D eigenvalue weighted by Crippen LogP contribution is -2.07. The Hall–Kier alpha value is -1.59. The molecule has 0 saturated carbocycles. The fourth-order valence-electron chi connectivity index (χ4n) is 1.66. The Bertz CT molecular complexity index is 716. The first-order valence-corrected chi connectivity index (χ1v) is 7.44. The zero-order valence-corrected chi connectivity index (χ0v) is 11.4. The summed E-state index contributed by atoms with van der Waals surface area (Å²) in [4.78, 5) is -0.331. The van der Waals surface area contributed by atoms with Crippen molar-refractivity contribution in [3.05, 3.63) is 58.9 Å². The summed E-state index contributed by atoms with van der Waals surface area (Å²) in [6.45, 7) is 0. The highest BCUT2D eigenvalue weighted by Gasteiger charge is 2.20. The quantitative estimate of drug-likeness (QED) is 0.886. The van der Waals surface area contributed by atoms with Crippen molar-refractivity contribution in [2.45, 2.75) is 10.6 Å². The van der Waals surface area contributed by atoms with Crippen LogP contribution in [0.25, 0.3) is 0 Å². The third-order valence-electron chi connectivity index (χ3n) is 2.59. The van der Waals surface area contributed by atoms with Gasteiger partial charge in [-0.05, 0) is 29.8 Å². The fourth-order valence-corrected chi connectivity index (χ4v) is 3.46. The number of benzene rings is 2. The smallest absolute Gasteiger partial charge is 0.185 e. The second-order valence-corrected chi connectivity index (χ2v) is 6.41. The van der Waals surface area contributed by atoms with Crippen LogP contribution in [0.3, 0.4) is 0 Å². The van der Waals surface area contributed by atoms with E-state index in [1.54, 1.807) is 6.07 Å². The Labute approximate surface area is 115 Å². The molecule has 6 heteroatoms. The van der Waals surface area contributed by atoms with Crippen molar-refractivity contribution in [2.24, 2.45) is 0 Å². The minimum Gasteiger partial charge on any atom is -0.399 e. The largest absolute Gasteiger partial charge is 0.399 e. The summed E-state index contributed by atoms with van der Waals surface area (Å²) in [5, 5.41) is 0.250. The van der Waals surface area contributed by atoms with Crippen molar-refractivity contribution in [2.75, 3.05) is 5.73 Å². The van der Waals surface area contributed by atoms with Crippen molar-refractivity contribution in [3.63, 3.8) is 0 Å². The maximum Gasteiger partial charge on any atom is 0.185 e. The zero-order chi connectivity index (χ0) is 14.0. The van der Waals surface area contributed by atoms with E-state index >= 15 is 0 Å². The number of nitrogen functional groups attached to an aromatic ring is 1. The molecule has 19 heavy (non-hydrogen) atoms. The molecule has 0 fully saturated rings. The van der Waals surface area contributed by atoms with E-state index in [1.165, 1.54) is 30.3 Å². The molecule has 2 aromatic rings. The van der Waals surface area contributed by atoms with Gasteiger partial charge in [0.25, 0.3) is 0 Å². The Balaban J connectivity index is 2.40. The number of sulfone groups is 1. The van der Waals surface area contributed by atoms with Crippen molar-refractivity contribution in [3.8, 4) is 0 Å². The van der Waals surface area contributed by atoms with Crippen LogP contribution in [0.15, 0.2) is 47.4 Å². The lowest BCUT2D eigenvalue weighted by Gasteiger charge is -2.08. The molecule has 0 bridgehead atoms.